The molecule has 0 radical (unpaired) electrons. The van der Waals surface area contributed by atoms with Crippen LogP contribution in [0.3, 0.4) is 0 Å². The lowest BCUT2D eigenvalue weighted by Crippen LogP contribution is -2.35. The van der Waals surface area contributed by atoms with Gasteiger partial charge in [-0.1, -0.05) is 29.8 Å². The average Bonchev–Trinajstić information content (AvgIpc) is 2.28. The zero-order chi connectivity index (χ0) is 13.8. The van der Waals surface area contributed by atoms with E-state index in [-0.39, 0.29) is 0 Å². The van der Waals surface area contributed by atoms with Crippen molar-refractivity contribution in [1.82, 2.24) is 4.90 Å². The third-order valence-electron chi connectivity index (χ3n) is 3.48. The van der Waals surface area contributed by atoms with Gasteiger partial charge in [0.05, 0.1) is 5.60 Å². The largest absolute Gasteiger partial charge is 0.390 e. The van der Waals surface area contributed by atoms with Crippen molar-refractivity contribution in [3.8, 4) is 0 Å². The number of aliphatic hydroxyl groups is 1. The molecule has 2 nitrogen and oxygen atoms in total. The summed E-state index contributed by atoms with van der Waals surface area (Å²) in [6.45, 7) is 9.01. The topological polar surface area (TPSA) is 23.5 Å². The molecule has 1 atom stereocenters. The number of hydrogen-bond acceptors (Lipinski definition) is 2. The molecule has 2 heteroatoms. The maximum absolute atomic E-state index is 9.74. The maximum Gasteiger partial charge on any atom is 0.0603 e. The van der Waals surface area contributed by atoms with E-state index in [4.69, 9.17) is 0 Å². The second-order valence-electron chi connectivity index (χ2n) is 6.08. The van der Waals surface area contributed by atoms with Crippen LogP contribution in [-0.2, 0) is 6.42 Å². The summed E-state index contributed by atoms with van der Waals surface area (Å²) in [7, 11) is 2.13. The molecule has 18 heavy (non-hydrogen) atoms. The fourth-order valence-electron chi connectivity index (χ4n) is 1.89. The Morgan fingerprint density at radius 1 is 1.22 bits per heavy atom. The minimum Gasteiger partial charge on any atom is -0.390 e. The molecule has 0 aliphatic heterocycles. The lowest BCUT2D eigenvalue weighted by molar-refractivity contribution is 0.0566. The van der Waals surface area contributed by atoms with Crippen LogP contribution in [0.1, 0.15) is 38.3 Å². The van der Waals surface area contributed by atoms with Crippen molar-refractivity contribution in [2.75, 3.05) is 13.6 Å². The maximum atomic E-state index is 9.74. The first-order chi connectivity index (χ1) is 8.28. The van der Waals surface area contributed by atoms with Gasteiger partial charge in [-0.05, 0) is 53.1 Å². The number of aryl methyl sites for hydroxylation is 1. The molecular weight excluding hydrogens is 222 g/mol. The van der Waals surface area contributed by atoms with Crippen molar-refractivity contribution < 1.29 is 5.11 Å². The molecule has 0 bridgehead atoms. The van der Waals surface area contributed by atoms with Crippen LogP contribution in [0.2, 0.25) is 0 Å². The second kappa shape index (κ2) is 6.35. The lowest BCUT2D eigenvalue weighted by atomic mass is 10.0. The van der Waals surface area contributed by atoms with E-state index in [1.165, 1.54) is 11.1 Å². The van der Waals surface area contributed by atoms with E-state index < -0.39 is 5.60 Å². The van der Waals surface area contributed by atoms with Crippen molar-refractivity contribution in [3.63, 3.8) is 0 Å². The number of rotatable bonds is 6. The number of nitrogens with zero attached hydrogens (tertiary/aromatic N) is 1. The highest BCUT2D eigenvalue weighted by atomic mass is 16.3. The lowest BCUT2D eigenvalue weighted by Gasteiger charge is -2.28. The molecule has 0 heterocycles. The predicted molar refractivity (Wildman–Crippen MR) is 77.9 cm³/mol. The molecule has 0 fully saturated rings. The van der Waals surface area contributed by atoms with Crippen LogP contribution < -0.4 is 0 Å². The van der Waals surface area contributed by atoms with Crippen LogP contribution in [0.15, 0.2) is 24.3 Å². The summed E-state index contributed by atoms with van der Waals surface area (Å²) >= 11 is 0. The van der Waals surface area contributed by atoms with Gasteiger partial charge in [0.25, 0.3) is 0 Å². The van der Waals surface area contributed by atoms with Crippen LogP contribution in [0.4, 0.5) is 0 Å². The SMILES string of the molecule is Cc1ccc(C[C@H](C)N(C)CCC(C)(C)O)cc1. The summed E-state index contributed by atoms with van der Waals surface area (Å²) in [6.07, 6.45) is 1.87. The Bertz CT molecular complexity index is 350. The van der Waals surface area contributed by atoms with Gasteiger partial charge in [0, 0.05) is 12.6 Å². The van der Waals surface area contributed by atoms with Gasteiger partial charge < -0.3 is 10.0 Å². The van der Waals surface area contributed by atoms with E-state index in [0.717, 1.165) is 19.4 Å². The zero-order valence-corrected chi connectivity index (χ0v) is 12.4. The van der Waals surface area contributed by atoms with Crippen molar-refractivity contribution in [2.45, 2.75) is 52.2 Å². The van der Waals surface area contributed by atoms with Gasteiger partial charge in [0.1, 0.15) is 0 Å². The highest BCUT2D eigenvalue weighted by Gasteiger charge is 2.16. The molecular formula is C16H27NO. The molecule has 102 valence electrons. The summed E-state index contributed by atoms with van der Waals surface area (Å²) < 4.78 is 0. The fraction of sp³-hybridized carbons (Fsp3) is 0.625. The van der Waals surface area contributed by atoms with Gasteiger partial charge >= 0.3 is 0 Å². The van der Waals surface area contributed by atoms with Gasteiger partial charge in [-0.25, -0.2) is 0 Å². The predicted octanol–water partition coefficient (Wildman–Crippen LogP) is 3.02. The molecule has 0 aliphatic carbocycles. The van der Waals surface area contributed by atoms with E-state index in [0.29, 0.717) is 6.04 Å². The summed E-state index contributed by atoms with van der Waals surface area (Å²) in [5.41, 5.74) is 2.11. The van der Waals surface area contributed by atoms with Crippen LogP contribution in [0, 0.1) is 6.92 Å². The minimum absolute atomic E-state index is 0.495. The van der Waals surface area contributed by atoms with Crippen molar-refractivity contribution >= 4 is 0 Å². The Morgan fingerprint density at radius 3 is 2.28 bits per heavy atom. The molecule has 0 saturated heterocycles. The molecule has 1 rings (SSSR count). The average molecular weight is 249 g/mol. The number of benzene rings is 1. The molecule has 0 aromatic heterocycles. The molecule has 0 aliphatic rings. The Morgan fingerprint density at radius 2 is 1.78 bits per heavy atom. The van der Waals surface area contributed by atoms with Crippen molar-refractivity contribution in [2.24, 2.45) is 0 Å². The van der Waals surface area contributed by atoms with Gasteiger partial charge in [0.15, 0.2) is 0 Å². The highest BCUT2D eigenvalue weighted by Crippen LogP contribution is 2.12. The third kappa shape index (κ3) is 5.65. The van der Waals surface area contributed by atoms with Crippen molar-refractivity contribution in [3.05, 3.63) is 35.4 Å². The molecule has 0 unspecified atom stereocenters. The van der Waals surface area contributed by atoms with E-state index in [9.17, 15) is 5.11 Å². The molecule has 0 saturated carbocycles. The molecule has 0 amide bonds. The van der Waals surface area contributed by atoms with Crippen LogP contribution in [0.25, 0.3) is 0 Å². The fourth-order valence-corrected chi connectivity index (χ4v) is 1.89. The Balaban J connectivity index is 2.44. The quantitative estimate of drug-likeness (QED) is 0.837. The van der Waals surface area contributed by atoms with Crippen LogP contribution >= 0.6 is 0 Å². The Kier molecular flexibility index (Phi) is 5.36. The summed E-state index contributed by atoms with van der Waals surface area (Å²) in [5.74, 6) is 0. The van der Waals surface area contributed by atoms with E-state index in [1.807, 2.05) is 13.8 Å². The highest BCUT2D eigenvalue weighted by molar-refractivity contribution is 5.21. The number of hydrogen-bond donors (Lipinski definition) is 1. The van der Waals surface area contributed by atoms with E-state index in [2.05, 4.69) is 50.1 Å². The molecule has 1 N–H and O–H groups in total. The van der Waals surface area contributed by atoms with Crippen LogP contribution in [-0.4, -0.2) is 35.2 Å². The summed E-state index contributed by atoms with van der Waals surface area (Å²) in [6, 6.07) is 9.23. The minimum atomic E-state index is -0.572. The van der Waals surface area contributed by atoms with Gasteiger partial charge in [-0.2, -0.15) is 0 Å². The summed E-state index contributed by atoms with van der Waals surface area (Å²) in [4.78, 5) is 2.32. The summed E-state index contributed by atoms with van der Waals surface area (Å²) in [5, 5.41) is 9.74. The van der Waals surface area contributed by atoms with E-state index >= 15 is 0 Å². The first kappa shape index (κ1) is 15.2. The van der Waals surface area contributed by atoms with Crippen LogP contribution in [0.5, 0.6) is 0 Å². The second-order valence-corrected chi connectivity index (χ2v) is 6.08. The van der Waals surface area contributed by atoms with Gasteiger partial charge in [-0.15, -0.1) is 0 Å². The third-order valence-corrected chi connectivity index (χ3v) is 3.48. The smallest absolute Gasteiger partial charge is 0.0603 e. The Hall–Kier alpha value is -0.860. The van der Waals surface area contributed by atoms with Gasteiger partial charge in [0.2, 0.25) is 0 Å². The first-order valence-electron chi connectivity index (χ1n) is 6.76. The number of likely N-dealkylation sites (N-methyl/N-ethyl adjacent to an activating group) is 1. The first-order valence-corrected chi connectivity index (χ1v) is 6.76. The monoisotopic (exact) mass is 249 g/mol. The normalized spacial score (nSPS) is 13.9. The molecule has 1 aromatic carbocycles. The Labute approximate surface area is 112 Å². The van der Waals surface area contributed by atoms with Gasteiger partial charge in [-0.3, -0.25) is 0 Å². The zero-order valence-electron chi connectivity index (χ0n) is 12.4. The molecule has 1 aromatic rings. The van der Waals surface area contributed by atoms with E-state index in [1.54, 1.807) is 0 Å². The molecule has 0 spiro atoms. The van der Waals surface area contributed by atoms with Crippen molar-refractivity contribution in [1.29, 1.82) is 0 Å². The standard InChI is InChI=1S/C16H27NO/c1-13-6-8-15(9-7-13)12-14(2)17(5)11-10-16(3,4)18/h6-9,14,18H,10-12H2,1-5H3/t14-/m0/s1.